The molecule has 0 fully saturated rings. The Morgan fingerprint density at radius 1 is 0.567 bits per heavy atom. The molecule has 3 nitrogen and oxygen atoms in total. The summed E-state index contributed by atoms with van der Waals surface area (Å²) in [6, 6.07) is 0. The van der Waals surface area contributed by atoms with E-state index in [1.165, 1.54) is 77.2 Å². The van der Waals surface area contributed by atoms with Crippen LogP contribution in [0.15, 0.2) is 9.98 Å². The fourth-order valence-electron chi connectivity index (χ4n) is 5.88. The summed E-state index contributed by atoms with van der Waals surface area (Å²) >= 11 is 0. The lowest BCUT2D eigenvalue weighted by atomic mass is 9.80. The van der Waals surface area contributed by atoms with Crippen LogP contribution in [0.3, 0.4) is 0 Å². The quantitative estimate of drug-likeness (QED) is 0.255. The van der Waals surface area contributed by atoms with Gasteiger partial charge in [-0.3, -0.25) is 0 Å². The van der Waals surface area contributed by atoms with E-state index in [0.29, 0.717) is 0 Å². The highest BCUT2D eigenvalue weighted by Crippen LogP contribution is 2.43. The molecule has 3 aromatic rings. The summed E-state index contributed by atoms with van der Waals surface area (Å²) in [4.78, 5) is 9.02. The summed E-state index contributed by atoms with van der Waals surface area (Å²) in [5.41, 5.74) is 13.3. The largest absolute Gasteiger partial charge is 0.270 e. The van der Waals surface area contributed by atoms with Crippen molar-refractivity contribution in [1.82, 2.24) is 0 Å². The molecular weight excluding hydrogens is 366 g/mol. The second kappa shape index (κ2) is 6.60. The summed E-state index contributed by atoms with van der Waals surface area (Å²) in [6.07, 6.45) is 0. The van der Waals surface area contributed by atoms with Crippen LogP contribution in [-0.4, -0.2) is 37.1 Å². The Labute approximate surface area is 179 Å². The maximum atomic E-state index is 4.62. The topological polar surface area (TPSA) is 27.7 Å². The molecule has 154 valence electrons. The molecule has 0 amide bonds. The normalized spacial score (nSPS) is 15.1. The average molecular weight is 399 g/mol. The first-order chi connectivity index (χ1) is 14.1. The van der Waals surface area contributed by atoms with Crippen LogP contribution in [0.25, 0.3) is 21.5 Å². The lowest BCUT2D eigenvalue weighted by molar-refractivity contribution is -0.367. The van der Waals surface area contributed by atoms with E-state index in [1.807, 2.05) is 14.1 Å². The van der Waals surface area contributed by atoms with E-state index in [0.717, 1.165) is 11.7 Å². The number of amidine groups is 2. The van der Waals surface area contributed by atoms with E-state index >= 15 is 0 Å². The van der Waals surface area contributed by atoms with E-state index in [9.17, 15) is 0 Å². The fraction of sp³-hybridized carbons (Fsp3) is 0.370. The second-order valence-electron chi connectivity index (χ2n) is 8.84. The van der Waals surface area contributed by atoms with Gasteiger partial charge in [0.25, 0.3) is 11.7 Å². The van der Waals surface area contributed by atoms with E-state index in [2.05, 4.69) is 76.7 Å². The van der Waals surface area contributed by atoms with Crippen LogP contribution in [0.5, 0.6) is 0 Å². The third-order valence-electron chi connectivity index (χ3n) is 7.63. The molecular formula is C27H32N3+. The van der Waals surface area contributed by atoms with Gasteiger partial charge in [-0.15, -0.1) is 9.98 Å². The molecule has 0 N–H and O–H groups in total. The standard InChI is InChI=1S/C27H32N3/c1-12-13(2)15(4)21-17(6)23-19(8)25-24(26(28-9)30(11)27(25)29-10)18(7)22(23)16(5)20(21)14(12)3/h9H2,1-8,10-11H3/q+1. The molecule has 30 heavy (non-hydrogen) atoms. The molecule has 1 aliphatic rings. The van der Waals surface area contributed by atoms with Crippen molar-refractivity contribution in [2.75, 3.05) is 14.1 Å². The predicted octanol–water partition coefficient (Wildman–Crippen LogP) is 5.94. The lowest BCUT2D eigenvalue weighted by Gasteiger charge is -2.23. The van der Waals surface area contributed by atoms with Gasteiger partial charge in [0.05, 0.1) is 31.9 Å². The van der Waals surface area contributed by atoms with Crippen molar-refractivity contribution in [2.24, 2.45) is 9.98 Å². The number of nitrogens with zero attached hydrogens (tertiary/aromatic N) is 3. The van der Waals surface area contributed by atoms with Crippen molar-refractivity contribution in [1.29, 1.82) is 0 Å². The van der Waals surface area contributed by atoms with Gasteiger partial charge in [-0.25, -0.2) is 4.58 Å². The minimum atomic E-state index is 0.901. The van der Waals surface area contributed by atoms with Crippen molar-refractivity contribution < 1.29 is 4.58 Å². The molecule has 0 atom stereocenters. The number of aryl methyl sites for hydroxylation is 6. The van der Waals surface area contributed by atoms with Crippen molar-refractivity contribution >= 4 is 39.9 Å². The summed E-state index contributed by atoms with van der Waals surface area (Å²) in [7, 11) is 3.89. The summed E-state index contributed by atoms with van der Waals surface area (Å²) in [5, 5.41) is 5.54. The molecule has 0 spiro atoms. The van der Waals surface area contributed by atoms with Gasteiger partial charge in [0, 0.05) is 0 Å². The molecule has 0 unspecified atom stereocenters. The van der Waals surface area contributed by atoms with E-state index < -0.39 is 0 Å². The molecule has 1 heterocycles. The Bertz CT molecular complexity index is 1380. The van der Waals surface area contributed by atoms with Crippen molar-refractivity contribution in [2.45, 2.75) is 55.4 Å². The van der Waals surface area contributed by atoms with Crippen LogP contribution in [0.2, 0.25) is 0 Å². The highest BCUT2D eigenvalue weighted by molar-refractivity contribution is 6.22. The second-order valence-corrected chi connectivity index (χ2v) is 8.84. The number of benzene rings is 3. The first-order valence-corrected chi connectivity index (χ1v) is 10.6. The van der Waals surface area contributed by atoms with Crippen LogP contribution in [0.4, 0.5) is 0 Å². The summed E-state index contributed by atoms with van der Waals surface area (Å²) < 4.78 is 2.08. The molecule has 0 saturated carbocycles. The van der Waals surface area contributed by atoms with E-state index in [4.69, 9.17) is 0 Å². The van der Waals surface area contributed by atoms with E-state index in [1.54, 1.807) is 0 Å². The van der Waals surface area contributed by atoms with Crippen LogP contribution in [-0.2, 0) is 0 Å². The first kappa shape index (κ1) is 20.5. The number of aliphatic imine (C=N–C) groups is 2. The molecule has 0 radical (unpaired) electrons. The predicted molar refractivity (Wildman–Crippen MR) is 132 cm³/mol. The first-order valence-electron chi connectivity index (χ1n) is 10.6. The van der Waals surface area contributed by atoms with Gasteiger partial charge in [0.1, 0.15) is 0 Å². The fourth-order valence-corrected chi connectivity index (χ4v) is 5.88. The lowest BCUT2D eigenvalue weighted by Crippen LogP contribution is -2.16. The maximum absolute atomic E-state index is 4.62. The minimum Gasteiger partial charge on any atom is -0.229 e. The Morgan fingerprint density at radius 3 is 1.37 bits per heavy atom. The molecule has 3 heteroatoms. The van der Waals surface area contributed by atoms with Crippen LogP contribution in [0.1, 0.15) is 55.6 Å². The van der Waals surface area contributed by atoms with Gasteiger partial charge in [-0.2, -0.15) is 0 Å². The molecule has 0 bridgehead atoms. The molecule has 0 aromatic heterocycles. The third-order valence-corrected chi connectivity index (χ3v) is 7.63. The molecule has 3 aromatic carbocycles. The van der Waals surface area contributed by atoms with Gasteiger partial charge >= 0.3 is 0 Å². The van der Waals surface area contributed by atoms with Crippen LogP contribution in [0, 0.1) is 55.4 Å². The SMILES string of the molecule is C=NC1=[N+](C)C(=NC)c2c1c(C)c1c(C)c3c(C)c(C)c(C)c(C)c3c(C)c1c2C. The van der Waals surface area contributed by atoms with Crippen molar-refractivity contribution in [3.63, 3.8) is 0 Å². The van der Waals surface area contributed by atoms with Gasteiger partial charge in [0.2, 0.25) is 0 Å². The van der Waals surface area contributed by atoms with Crippen LogP contribution < -0.4 is 0 Å². The number of hydrogen-bond acceptors (Lipinski definition) is 2. The van der Waals surface area contributed by atoms with Gasteiger partial charge in [0.15, 0.2) is 0 Å². The van der Waals surface area contributed by atoms with E-state index in [-0.39, 0.29) is 0 Å². The third kappa shape index (κ3) is 2.24. The summed E-state index contributed by atoms with van der Waals surface area (Å²) in [5.74, 6) is 1.87. The molecule has 0 saturated heterocycles. The number of hydrogen-bond donors (Lipinski definition) is 0. The van der Waals surface area contributed by atoms with Crippen molar-refractivity contribution in [3.8, 4) is 0 Å². The number of rotatable bonds is 0. The Morgan fingerprint density at radius 2 is 0.967 bits per heavy atom. The maximum Gasteiger partial charge on any atom is 0.270 e. The minimum absolute atomic E-state index is 0.901. The molecule has 4 rings (SSSR count). The smallest absolute Gasteiger partial charge is 0.229 e. The van der Waals surface area contributed by atoms with Gasteiger partial charge in [-0.1, -0.05) is 0 Å². The Balaban J connectivity index is 2.40. The molecule has 1 aliphatic heterocycles. The zero-order chi connectivity index (χ0) is 22.2. The number of fused-ring (bicyclic) bond motifs is 3. The Kier molecular flexibility index (Phi) is 4.50. The highest BCUT2D eigenvalue weighted by atomic mass is 15.1. The zero-order valence-electron chi connectivity index (χ0n) is 20.0. The van der Waals surface area contributed by atoms with Crippen molar-refractivity contribution in [3.05, 3.63) is 55.6 Å². The average Bonchev–Trinajstić information content (AvgIpc) is 3.01. The van der Waals surface area contributed by atoms with Gasteiger partial charge in [-0.05, 0) is 121 Å². The monoisotopic (exact) mass is 398 g/mol. The molecule has 0 aliphatic carbocycles. The Hall–Kier alpha value is -2.81. The zero-order valence-corrected chi connectivity index (χ0v) is 20.0. The van der Waals surface area contributed by atoms with Gasteiger partial charge < -0.3 is 0 Å². The van der Waals surface area contributed by atoms with Crippen LogP contribution >= 0.6 is 0 Å². The summed E-state index contributed by atoms with van der Waals surface area (Å²) in [6.45, 7) is 22.0. The highest BCUT2D eigenvalue weighted by Gasteiger charge is 2.36.